The Labute approximate surface area is 169 Å². The lowest BCUT2D eigenvalue weighted by molar-refractivity contribution is 0.102. The Morgan fingerprint density at radius 1 is 1.07 bits per heavy atom. The van der Waals surface area contributed by atoms with E-state index in [9.17, 15) is 9.59 Å². The summed E-state index contributed by atoms with van der Waals surface area (Å²) in [6, 6.07) is 13.7. The van der Waals surface area contributed by atoms with Gasteiger partial charge in [0.05, 0.1) is 25.5 Å². The van der Waals surface area contributed by atoms with Crippen LogP contribution in [0.25, 0.3) is 22.2 Å². The van der Waals surface area contributed by atoms with E-state index in [1.54, 1.807) is 61.0 Å². The second-order valence-electron chi connectivity index (χ2n) is 6.08. The highest BCUT2D eigenvalue weighted by molar-refractivity contribution is 7.14. The summed E-state index contributed by atoms with van der Waals surface area (Å²) >= 11 is 1.22. The van der Waals surface area contributed by atoms with E-state index in [0.29, 0.717) is 44.4 Å². The number of amides is 1. The first-order valence-corrected chi connectivity index (χ1v) is 9.48. The number of rotatable bonds is 5. The molecule has 4 rings (SSSR count). The van der Waals surface area contributed by atoms with E-state index in [1.165, 1.54) is 18.4 Å². The van der Waals surface area contributed by atoms with Gasteiger partial charge in [0.25, 0.3) is 5.91 Å². The van der Waals surface area contributed by atoms with E-state index >= 15 is 0 Å². The first kappa shape index (κ1) is 18.7. The summed E-state index contributed by atoms with van der Waals surface area (Å²) in [6.45, 7) is 0. The van der Waals surface area contributed by atoms with E-state index in [2.05, 4.69) is 10.3 Å². The molecule has 2 aromatic heterocycles. The van der Waals surface area contributed by atoms with Gasteiger partial charge >= 0.3 is 5.63 Å². The van der Waals surface area contributed by atoms with Crippen LogP contribution < -0.4 is 20.4 Å². The predicted octanol–water partition coefficient (Wildman–Crippen LogP) is 4.19. The van der Waals surface area contributed by atoms with Gasteiger partial charge in [0.2, 0.25) is 0 Å². The van der Waals surface area contributed by atoms with Gasteiger partial charge in [0.1, 0.15) is 17.1 Å². The third-order valence-electron chi connectivity index (χ3n) is 4.27. The average Bonchev–Trinajstić information content (AvgIpc) is 3.21. The molecule has 0 aliphatic heterocycles. The minimum atomic E-state index is -0.501. The molecule has 2 aromatic carbocycles. The molecule has 0 unspecified atom stereocenters. The van der Waals surface area contributed by atoms with E-state index in [4.69, 9.17) is 13.9 Å². The van der Waals surface area contributed by atoms with Gasteiger partial charge < -0.3 is 13.9 Å². The molecule has 0 spiro atoms. The van der Waals surface area contributed by atoms with Crippen LogP contribution in [-0.2, 0) is 0 Å². The maximum Gasteiger partial charge on any atom is 0.345 e. The van der Waals surface area contributed by atoms with Crippen molar-refractivity contribution in [2.45, 2.75) is 0 Å². The van der Waals surface area contributed by atoms with Crippen molar-refractivity contribution in [3.63, 3.8) is 0 Å². The molecule has 4 aromatic rings. The number of ether oxygens (including phenoxy) is 2. The lowest BCUT2D eigenvalue weighted by Crippen LogP contribution is -2.11. The normalized spacial score (nSPS) is 10.7. The van der Waals surface area contributed by atoms with Crippen molar-refractivity contribution in [1.29, 1.82) is 0 Å². The van der Waals surface area contributed by atoms with Crippen molar-refractivity contribution < 1.29 is 18.7 Å². The quantitative estimate of drug-likeness (QED) is 0.498. The van der Waals surface area contributed by atoms with Crippen molar-refractivity contribution in [2.24, 2.45) is 0 Å². The summed E-state index contributed by atoms with van der Waals surface area (Å²) in [5.74, 6) is 0.920. The summed E-state index contributed by atoms with van der Waals surface area (Å²) in [6.07, 6.45) is 0. The molecule has 7 nitrogen and oxygen atoms in total. The number of nitrogens with zero attached hydrogens (tertiary/aromatic N) is 1. The minimum absolute atomic E-state index is 0.309. The van der Waals surface area contributed by atoms with Crippen molar-refractivity contribution >= 4 is 33.3 Å². The Morgan fingerprint density at radius 2 is 1.86 bits per heavy atom. The van der Waals surface area contributed by atoms with Gasteiger partial charge in [-0.1, -0.05) is 6.07 Å². The number of nitrogens with one attached hydrogen (secondary N) is 1. The number of benzene rings is 2. The van der Waals surface area contributed by atoms with Gasteiger partial charge in [-0.3, -0.25) is 10.1 Å². The third kappa shape index (κ3) is 3.83. The third-order valence-corrected chi connectivity index (χ3v) is 5.03. The van der Waals surface area contributed by atoms with E-state index < -0.39 is 5.63 Å². The molecule has 1 N–H and O–H groups in total. The van der Waals surface area contributed by atoms with E-state index in [1.807, 2.05) is 0 Å². The maximum absolute atomic E-state index is 12.4. The molecule has 146 valence electrons. The van der Waals surface area contributed by atoms with Crippen LogP contribution in [-0.4, -0.2) is 25.1 Å². The van der Waals surface area contributed by atoms with Crippen molar-refractivity contribution in [1.82, 2.24) is 4.98 Å². The SMILES string of the molecule is COc1cccc(C(=O)Nc2nc(-c3cc4cc(OC)ccc4oc3=O)cs2)c1. The highest BCUT2D eigenvalue weighted by Crippen LogP contribution is 2.27. The van der Waals surface area contributed by atoms with Gasteiger partial charge in [-0.05, 0) is 42.5 Å². The molecule has 0 aliphatic rings. The summed E-state index contributed by atoms with van der Waals surface area (Å²) in [4.78, 5) is 29.2. The maximum atomic E-state index is 12.4. The number of methoxy groups -OCH3 is 2. The largest absolute Gasteiger partial charge is 0.497 e. The standard InChI is InChI=1S/C21H16N2O5S/c1-26-14-5-3-4-12(8-14)19(24)23-21-22-17(11-29-21)16-10-13-9-15(27-2)6-7-18(13)28-20(16)25/h3-11H,1-2H3,(H,22,23,24). The summed E-state index contributed by atoms with van der Waals surface area (Å²) in [5, 5.41) is 5.52. The van der Waals surface area contributed by atoms with Crippen LogP contribution in [0.3, 0.4) is 0 Å². The number of carbonyl (C=O) groups excluding carboxylic acids is 1. The Kier molecular flexibility index (Phi) is 5.01. The van der Waals surface area contributed by atoms with Crippen molar-refractivity contribution in [2.75, 3.05) is 19.5 Å². The van der Waals surface area contributed by atoms with Gasteiger partial charge in [0.15, 0.2) is 5.13 Å². The molecule has 0 fully saturated rings. The molecule has 0 bridgehead atoms. The zero-order valence-electron chi connectivity index (χ0n) is 15.6. The molecule has 8 heteroatoms. The first-order valence-electron chi connectivity index (χ1n) is 8.60. The molecular weight excluding hydrogens is 392 g/mol. The lowest BCUT2D eigenvalue weighted by atomic mass is 10.1. The minimum Gasteiger partial charge on any atom is -0.497 e. The lowest BCUT2D eigenvalue weighted by Gasteiger charge is -2.04. The van der Waals surface area contributed by atoms with Crippen LogP contribution in [0.2, 0.25) is 0 Å². The second kappa shape index (κ2) is 7.76. The van der Waals surface area contributed by atoms with Gasteiger partial charge in [-0.15, -0.1) is 11.3 Å². The van der Waals surface area contributed by atoms with E-state index in [-0.39, 0.29) is 5.91 Å². The molecule has 0 aliphatic carbocycles. The van der Waals surface area contributed by atoms with Crippen LogP contribution in [0.1, 0.15) is 10.4 Å². The summed E-state index contributed by atoms with van der Waals surface area (Å²) in [5.41, 5.74) is 1.14. The average molecular weight is 408 g/mol. The molecule has 0 atom stereocenters. The number of carbonyl (C=O) groups is 1. The summed E-state index contributed by atoms with van der Waals surface area (Å²) < 4.78 is 15.7. The van der Waals surface area contributed by atoms with Gasteiger partial charge in [-0.2, -0.15) is 0 Å². The van der Waals surface area contributed by atoms with Crippen molar-refractivity contribution in [3.8, 4) is 22.8 Å². The topological polar surface area (TPSA) is 90.7 Å². The summed E-state index contributed by atoms with van der Waals surface area (Å²) in [7, 11) is 3.10. The highest BCUT2D eigenvalue weighted by Gasteiger charge is 2.14. The fourth-order valence-corrected chi connectivity index (χ4v) is 3.50. The number of anilines is 1. The number of aromatic nitrogens is 1. The van der Waals surface area contributed by atoms with Gasteiger partial charge in [-0.25, -0.2) is 9.78 Å². The van der Waals surface area contributed by atoms with Crippen molar-refractivity contribution in [3.05, 3.63) is 69.9 Å². The van der Waals surface area contributed by atoms with Gasteiger partial charge in [0, 0.05) is 16.3 Å². The van der Waals surface area contributed by atoms with E-state index in [0.717, 1.165) is 0 Å². The number of hydrogen-bond donors (Lipinski definition) is 1. The first-order chi connectivity index (χ1) is 14.1. The van der Waals surface area contributed by atoms with Crippen LogP contribution >= 0.6 is 11.3 Å². The second-order valence-corrected chi connectivity index (χ2v) is 6.93. The molecule has 0 saturated heterocycles. The number of fused-ring (bicyclic) bond motifs is 1. The number of thiazole rings is 1. The van der Waals surface area contributed by atoms with Crippen LogP contribution in [0.15, 0.2) is 63.1 Å². The zero-order valence-corrected chi connectivity index (χ0v) is 16.4. The number of hydrogen-bond acceptors (Lipinski definition) is 7. The predicted molar refractivity (Wildman–Crippen MR) is 111 cm³/mol. The molecule has 2 heterocycles. The fraction of sp³-hybridized carbons (Fsp3) is 0.0952. The fourth-order valence-electron chi connectivity index (χ4n) is 2.80. The Bertz CT molecular complexity index is 1260. The zero-order chi connectivity index (χ0) is 20.4. The highest BCUT2D eigenvalue weighted by atomic mass is 32.1. The van der Waals surface area contributed by atoms with Crippen LogP contribution in [0, 0.1) is 0 Å². The Morgan fingerprint density at radius 3 is 2.66 bits per heavy atom. The molecular formula is C21H16N2O5S. The molecule has 0 radical (unpaired) electrons. The monoisotopic (exact) mass is 408 g/mol. The Balaban J connectivity index is 1.62. The molecule has 1 amide bonds. The van der Waals surface area contributed by atoms with Crippen LogP contribution in [0.4, 0.5) is 5.13 Å². The van der Waals surface area contributed by atoms with Crippen LogP contribution in [0.5, 0.6) is 11.5 Å². The Hall–Kier alpha value is -3.65. The molecule has 29 heavy (non-hydrogen) atoms. The smallest absolute Gasteiger partial charge is 0.345 e. The molecule has 0 saturated carbocycles.